The summed E-state index contributed by atoms with van der Waals surface area (Å²) >= 11 is 3.42. The molecule has 0 aliphatic rings. The molecule has 0 saturated carbocycles. The highest BCUT2D eigenvalue weighted by atomic mass is 79.9. The molecule has 7 nitrogen and oxygen atoms in total. The molecule has 0 aromatic heterocycles. The zero-order valence-corrected chi connectivity index (χ0v) is 27.6. The third-order valence-electron chi connectivity index (χ3n) is 7.42. The second kappa shape index (κ2) is 15.2. The van der Waals surface area contributed by atoms with Gasteiger partial charge in [0.1, 0.15) is 12.6 Å². The van der Waals surface area contributed by atoms with Gasteiger partial charge in [0, 0.05) is 24.0 Å². The van der Waals surface area contributed by atoms with Gasteiger partial charge in [-0.15, -0.1) is 0 Å². The number of carbonyl (C=O) groups is 2. The number of aryl methyl sites for hydroxylation is 2. The van der Waals surface area contributed by atoms with E-state index in [2.05, 4.69) is 21.2 Å². The molecule has 4 aromatic carbocycles. The van der Waals surface area contributed by atoms with E-state index in [1.807, 2.05) is 75.4 Å². The molecular formula is C35H38BrN3O4S. The Hall–Kier alpha value is -3.95. The Kier molecular flexibility index (Phi) is 11.4. The molecule has 44 heavy (non-hydrogen) atoms. The first-order valence-corrected chi connectivity index (χ1v) is 16.8. The van der Waals surface area contributed by atoms with Gasteiger partial charge in [0.15, 0.2) is 0 Å². The van der Waals surface area contributed by atoms with E-state index in [9.17, 15) is 18.0 Å². The maximum absolute atomic E-state index is 14.5. The number of hydrogen-bond donors (Lipinski definition) is 1. The largest absolute Gasteiger partial charge is 0.354 e. The number of hydrogen-bond acceptors (Lipinski definition) is 4. The monoisotopic (exact) mass is 675 g/mol. The highest BCUT2D eigenvalue weighted by Gasteiger charge is 2.34. The predicted molar refractivity (Wildman–Crippen MR) is 179 cm³/mol. The van der Waals surface area contributed by atoms with Gasteiger partial charge in [-0.2, -0.15) is 0 Å². The number of nitrogens with zero attached hydrogens (tertiary/aromatic N) is 2. The lowest BCUT2D eigenvalue weighted by Crippen LogP contribution is -2.53. The summed E-state index contributed by atoms with van der Waals surface area (Å²) in [6.07, 6.45) is 1.01. The van der Waals surface area contributed by atoms with Crippen LogP contribution in [-0.2, 0) is 32.6 Å². The average Bonchev–Trinajstić information content (AvgIpc) is 3.02. The van der Waals surface area contributed by atoms with Gasteiger partial charge in [0.25, 0.3) is 10.0 Å². The standard InChI is InChI=1S/C35H38BrN3O4S/c1-4-22-37-35(41)33(23-28-11-6-5-7-12-28)38(24-29-13-9-8-10-27(29)3)34(40)25-39(31-18-16-30(36)17-19-31)44(42,43)32-20-14-26(2)15-21-32/h5-21,33H,4,22-25H2,1-3H3,(H,37,41)/t33-/m1/s1. The van der Waals surface area contributed by atoms with Crippen molar-refractivity contribution in [1.29, 1.82) is 0 Å². The minimum absolute atomic E-state index is 0.0748. The molecular weight excluding hydrogens is 638 g/mol. The SMILES string of the molecule is CCCNC(=O)[C@@H](Cc1ccccc1)N(Cc1ccccc1C)C(=O)CN(c1ccc(Br)cc1)S(=O)(=O)c1ccc(C)cc1. The van der Waals surface area contributed by atoms with Crippen LogP contribution in [0.25, 0.3) is 0 Å². The van der Waals surface area contributed by atoms with E-state index in [-0.39, 0.29) is 23.8 Å². The molecule has 230 valence electrons. The lowest BCUT2D eigenvalue weighted by atomic mass is 10.0. The minimum Gasteiger partial charge on any atom is -0.354 e. The summed E-state index contributed by atoms with van der Waals surface area (Å²) in [6.45, 7) is 5.92. The summed E-state index contributed by atoms with van der Waals surface area (Å²) in [5.74, 6) is -0.770. The number of nitrogens with one attached hydrogen (secondary N) is 1. The van der Waals surface area contributed by atoms with Gasteiger partial charge in [-0.05, 0) is 73.4 Å². The molecule has 4 aromatic rings. The zero-order chi connectivity index (χ0) is 31.7. The van der Waals surface area contributed by atoms with E-state index in [1.54, 1.807) is 48.5 Å². The predicted octanol–water partition coefficient (Wildman–Crippen LogP) is 6.43. The molecule has 0 saturated heterocycles. The van der Waals surface area contributed by atoms with Gasteiger partial charge in [-0.3, -0.25) is 13.9 Å². The second-order valence-corrected chi connectivity index (χ2v) is 13.5. The zero-order valence-electron chi connectivity index (χ0n) is 25.2. The molecule has 0 aliphatic carbocycles. The smallest absolute Gasteiger partial charge is 0.264 e. The second-order valence-electron chi connectivity index (χ2n) is 10.7. The molecule has 0 spiro atoms. The van der Waals surface area contributed by atoms with E-state index in [0.717, 1.165) is 37.5 Å². The molecule has 0 heterocycles. The Morgan fingerprint density at radius 2 is 1.48 bits per heavy atom. The first-order valence-electron chi connectivity index (χ1n) is 14.6. The van der Waals surface area contributed by atoms with Crippen LogP contribution in [0.2, 0.25) is 0 Å². The maximum atomic E-state index is 14.5. The third kappa shape index (κ3) is 8.36. The van der Waals surface area contributed by atoms with Crippen molar-refractivity contribution < 1.29 is 18.0 Å². The Labute approximate surface area is 269 Å². The Bertz CT molecular complexity index is 1660. The van der Waals surface area contributed by atoms with Gasteiger partial charge in [-0.1, -0.05) is 95.1 Å². The fraction of sp³-hybridized carbons (Fsp3) is 0.257. The molecule has 4 rings (SSSR count). The molecule has 1 atom stereocenters. The fourth-order valence-electron chi connectivity index (χ4n) is 4.86. The van der Waals surface area contributed by atoms with Crippen molar-refractivity contribution in [3.8, 4) is 0 Å². The summed E-state index contributed by atoms with van der Waals surface area (Å²) in [6, 6.07) is 29.7. The van der Waals surface area contributed by atoms with Gasteiger partial charge in [-0.25, -0.2) is 8.42 Å². The lowest BCUT2D eigenvalue weighted by Gasteiger charge is -2.34. The van der Waals surface area contributed by atoms with E-state index >= 15 is 0 Å². The van der Waals surface area contributed by atoms with Crippen LogP contribution in [0.15, 0.2) is 112 Å². The van der Waals surface area contributed by atoms with Crippen LogP contribution in [-0.4, -0.2) is 44.3 Å². The average molecular weight is 677 g/mol. The van der Waals surface area contributed by atoms with E-state index < -0.39 is 28.5 Å². The lowest BCUT2D eigenvalue weighted by molar-refractivity contribution is -0.140. The molecule has 1 N–H and O–H groups in total. The number of sulfonamides is 1. The highest BCUT2D eigenvalue weighted by molar-refractivity contribution is 9.10. The van der Waals surface area contributed by atoms with Crippen molar-refractivity contribution in [2.24, 2.45) is 0 Å². The first-order chi connectivity index (χ1) is 21.1. The summed E-state index contributed by atoms with van der Waals surface area (Å²) in [4.78, 5) is 29.8. The molecule has 2 amide bonds. The third-order valence-corrected chi connectivity index (χ3v) is 9.74. The quantitative estimate of drug-likeness (QED) is 0.177. The number of halogens is 1. The maximum Gasteiger partial charge on any atom is 0.264 e. The minimum atomic E-state index is -4.14. The molecule has 0 aliphatic heterocycles. The van der Waals surface area contributed by atoms with Gasteiger partial charge in [0.2, 0.25) is 11.8 Å². The van der Waals surface area contributed by atoms with Crippen LogP contribution in [0.3, 0.4) is 0 Å². The van der Waals surface area contributed by atoms with Crippen molar-refractivity contribution in [3.05, 3.63) is 130 Å². The Balaban J connectivity index is 1.80. The Morgan fingerprint density at radius 1 is 0.841 bits per heavy atom. The van der Waals surface area contributed by atoms with Crippen LogP contribution < -0.4 is 9.62 Å². The van der Waals surface area contributed by atoms with Gasteiger partial charge in [0.05, 0.1) is 10.6 Å². The van der Waals surface area contributed by atoms with E-state index in [4.69, 9.17) is 0 Å². The van der Waals surface area contributed by atoms with Crippen molar-refractivity contribution in [3.63, 3.8) is 0 Å². The molecule has 9 heteroatoms. The number of amides is 2. The first kappa shape index (κ1) is 33.0. The fourth-order valence-corrected chi connectivity index (χ4v) is 6.54. The molecule has 0 fully saturated rings. The van der Waals surface area contributed by atoms with Crippen molar-refractivity contribution in [2.45, 2.75) is 51.1 Å². The summed E-state index contributed by atoms with van der Waals surface area (Å²) in [5, 5.41) is 2.97. The molecule has 0 unspecified atom stereocenters. The normalized spacial score (nSPS) is 11.9. The summed E-state index contributed by atoms with van der Waals surface area (Å²) in [7, 11) is -4.14. The van der Waals surface area contributed by atoms with Gasteiger partial charge < -0.3 is 10.2 Å². The number of carbonyl (C=O) groups excluding carboxylic acids is 2. The highest BCUT2D eigenvalue weighted by Crippen LogP contribution is 2.27. The molecule has 0 radical (unpaired) electrons. The van der Waals surface area contributed by atoms with Crippen LogP contribution in [0.1, 0.15) is 35.6 Å². The van der Waals surface area contributed by atoms with E-state index in [0.29, 0.717) is 12.2 Å². The van der Waals surface area contributed by atoms with Gasteiger partial charge >= 0.3 is 0 Å². The summed E-state index contributed by atoms with van der Waals surface area (Å²) < 4.78 is 30.1. The summed E-state index contributed by atoms with van der Waals surface area (Å²) in [5.41, 5.74) is 3.99. The topological polar surface area (TPSA) is 86.8 Å². The number of anilines is 1. The van der Waals surface area contributed by atoms with Crippen molar-refractivity contribution in [2.75, 3.05) is 17.4 Å². The Morgan fingerprint density at radius 3 is 2.11 bits per heavy atom. The van der Waals surface area contributed by atoms with Crippen LogP contribution in [0.4, 0.5) is 5.69 Å². The van der Waals surface area contributed by atoms with Crippen molar-refractivity contribution in [1.82, 2.24) is 10.2 Å². The van der Waals surface area contributed by atoms with Crippen molar-refractivity contribution >= 4 is 43.5 Å². The van der Waals surface area contributed by atoms with Crippen LogP contribution in [0, 0.1) is 13.8 Å². The van der Waals surface area contributed by atoms with Crippen LogP contribution >= 0.6 is 15.9 Å². The van der Waals surface area contributed by atoms with E-state index in [1.165, 1.54) is 4.90 Å². The van der Waals surface area contributed by atoms with Crippen LogP contribution in [0.5, 0.6) is 0 Å². The molecule has 0 bridgehead atoms. The number of benzene rings is 4. The number of rotatable bonds is 13.